The van der Waals surface area contributed by atoms with Crippen LogP contribution >= 0.6 is 0 Å². The summed E-state index contributed by atoms with van der Waals surface area (Å²) in [7, 11) is 0. The Morgan fingerprint density at radius 2 is 2.67 bits per heavy atom. The molecule has 0 aliphatic rings. The van der Waals surface area contributed by atoms with Crippen LogP contribution in [-0.2, 0) is 0 Å². The van der Waals surface area contributed by atoms with Crippen molar-refractivity contribution >= 4 is 11.0 Å². The lowest BCUT2D eigenvalue weighted by molar-refractivity contribution is 1.33. The number of hydrogen-bond donors (Lipinski definition) is 1. The van der Waals surface area contributed by atoms with E-state index in [1.807, 2.05) is 0 Å². The number of rotatable bonds is 0. The van der Waals surface area contributed by atoms with Gasteiger partial charge in [0.05, 0.1) is 2.74 Å². The zero-order valence-corrected chi connectivity index (χ0v) is 4.68. The van der Waals surface area contributed by atoms with Crippen LogP contribution < -0.4 is 0 Å². The van der Waals surface area contributed by atoms with Crippen molar-refractivity contribution in [2.45, 2.75) is 0 Å². The van der Waals surface area contributed by atoms with Crippen LogP contribution in [0.5, 0.6) is 0 Å². The van der Waals surface area contributed by atoms with E-state index in [-0.39, 0.29) is 12.2 Å². The number of H-pyrrole nitrogens is 1. The second kappa shape index (κ2) is 1.58. The van der Waals surface area contributed by atoms with Crippen LogP contribution in [0.4, 0.5) is 0 Å². The van der Waals surface area contributed by atoms with Gasteiger partial charge in [-0.05, 0) is 18.2 Å². The molecule has 2 heterocycles. The molecule has 0 aliphatic carbocycles. The summed E-state index contributed by atoms with van der Waals surface area (Å²) in [5.74, 6) is 0. The zero-order chi connectivity index (χ0) is 7.84. The van der Waals surface area contributed by atoms with Crippen LogP contribution in [0.1, 0.15) is 2.74 Å². The van der Waals surface area contributed by atoms with Crippen molar-refractivity contribution in [3.8, 4) is 0 Å². The van der Waals surface area contributed by atoms with Gasteiger partial charge in [0, 0.05) is 17.8 Å². The van der Waals surface area contributed by atoms with E-state index in [2.05, 4.69) is 9.97 Å². The van der Waals surface area contributed by atoms with Crippen LogP contribution in [0.3, 0.4) is 0 Å². The maximum Gasteiger partial charge on any atom is 0.137 e. The molecule has 2 aromatic heterocycles. The standard InChI is InChI=1S/C7H6N2/c1-2-6-3-5-9-7(6)8-4-1/h1-5H,(H,8,9)/i3D,5D. The highest BCUT2D eigenvalue weighted by Crippen LogP contribution is 2.05. The van der Waals surface area contributed by atoms with Gasteiger partial charge >= 0.3 is 0 Å². The van der Waals surface area contributed by atoms with E-state index in [0.717, 1.165) is 0 Å². The maximum absolute atomic E-state index is 7.41. The van der Waals surface area contributed by atoms with Crippen LogP contribution in [0.25, 0.3) is 11.0 Å². The molecular formula is C7H6N2. The number of nitrogens with zero attached hydrogens (tertiary/aromatic N) is 1. The van der Waals surface area contributed by atoms with Crippen molar-refractivity contribution in [2.24, 2.45) is 0 Å². The summed E-state index contributed by atoms with van der Waals surface area (Å²) < 4.78 is 14.7. The van der Waals surface area contributed by atoms with Crippen LogP contribution in [0, 0.1) is 0 Å². The molecule has 1 N–H and O–H groups in total. The van der Waals surface area contributed by atoms with E-state index in [0.29, 0.717) is 11.0 Å². The molecule has 0 unspecified atom stereocenters. The van der Waals surface area contributed by atoms with E-state index in [4.69, 9.17) is 2.74 Å². The van der Waals surface area contributed by atoms with Crippen molar-refractivity contribution in [1.29, 1.82) is 0 Å². The first-order valence-corrected chi connectivity index (χ1v) is 2.69. The third kappa shape index (κ3) is 0.598. The van der Waals surface area contributed by atoms with Gasteiger partial charge in [-0.15, -0.1) is 0 Å². The van der Waals surface area contributed by atoms with Crippen molar-refractivity contribution in [2.75, 3.05) is 0 Å². The Hall–Kier alpha value is -1.31. The smallest absolute Gasteiger partial charge is 0.137 e. The second-order valence-corrected chi connectivity index (χ2v) is 1.77. The molecule has 0 atom stereocenters. The normalized spacial score (nSPS) is 13.3. The molecule has 0 saturated heterocycles. The molecule has 2 nitrogen and oxygen atoms in total. The molecule has 0 spiro atoms. The Kier molecular flexibility index (Phi) is 0.530. The Morgan fingerprint density at radius 3 is 3.56 bits per heavy atom. The largest absolute Gasteiger partial charge is 0.346 e. The summed E-state index contributed by atoms with van der Waals surface area (Å²) in [6.45, 7) is 0. The van der Waals surface area contributed by atoms with Gasteiger partial charge in [0.25, 0.3) is 0 Å². The first-order chi connectivity index (χ1) is 5.29. The monoisotopic (exact) mass is 120 g/mol. The number of fused-ring (bicyclic) bond motifs is 1. The van der Waals surface area contributed by atoms with Gasteiger partial charge in [0.1, 0.15) is 5.65 Å². The average molecular weight is 120 g/mol. The number of hydrogen-bond acceptors (Lipinski definition) is 1. The van der Waals surface area contributed by atoms with Crippen molar-refractivity contribution in [3.63, 3.8) is 0 Å². The summed E-state index contributed by atoms with van der Waals surface area (Å²) in [6, 6.07) is 3.75. The lowest BCUT2D eigenvalue weighted by Gasteiger charge is -1.82. The first-order valence-electron chi connectivity index (χ1n) is 3.69. The Balaban J connectivity index is 2.92. The van der Waals surface area contributed by atoms with Crippen molar-refractivity contribution < 1.29 is 2.74 Å². The molecule has 44 valence electrons. The molecule has 2 aromatic rings. The Bertz CT molecular complexity index is 394. The topological polar surface area (TPSA) is 28.7 Å². The molecule has 0 bridgehead atoms. The van der Waals surface area contributed by atoms with Gasteiger partial charge in [0.15, 0.2) is 0 Å². The summed E-state index contributed by atoms with van der Waals surface area (Å²) in [4.78, 5) is 6.66. The van der Waals surface area contributed by atoms with Gasteiger partial charge in [-0.2, -0.15) is 0 Å². The summed E-state index contributed by atoms with van der Waals surface area (Å²) in [5.41, 5.74) is 0.613. The molecule has 0 fully saturated rings. The fraction of sp³-hybridized carbons (Fsp3) is 0. The maximum atomic E-state index is 7.41. The predicted molar refractivity (Wildman–Crippen MR) is 36.1 cm³/mol. The van der Waals surface area contributed by atoms with Gasteiger partial charge in [0.2, 0.25) is 0 Å². The highest BCUT2D eigenvalue weighted by Gasteiger charge is 1.88. The molecule has 2 heteroatoms. The lowest BCUT2D eigenvalue weighted by Crippen LogP contribution is -1.70. The van der Waals surface area contributed by atoms with Crippen LogP contribution in [0.2, 0.25) is 0 Å². The van der Waals surface area contributed by atoms with Crippen molar-refractivity contribution in [3.05, 3.63) is 30.5 Å². The third-order valence-corrected chi connectivity index (χ3v) is 1.19. The highest BCUT2D eigenvalue weighted by molar-refractivity contribution is 5.74. The van der Waals surface area contributed by atoms with E-state index in [9.17, 15) is 0 Å². The quantitative estimate of drug-likeness (QED) is 0.561. The lowest BCUT2D eigenvalue weighted by atomic mass is 10.3. The second-order valence-electron chi connectivity index (χ2n) is 1.77. The van der Waals surface area contributed by atoms with Gasteiger partial charge in [-0.25, -0.2) is 4.98 Å². The fourth-order valence-electron chi connectivity index (χ4n) is 0.764. The molecule has 0 amide bonds. The van der Waals surface area contributed by atoms with Gasteiger partial charge in [-0.1, -0.05) is 0 Å². The van der Waals surface area contributed by atoms with E-state index in [1.54, 1.807) is 18.3 Å². The first kappa shape index (κ1) is 3.01. The van der Waals surface area contributed by atoms with Crippen molar-refractivity contribution in [1.82, 2.24) is 9.97 Å². The minimum absolute atomic E-state index is 0.124. The number of pyridine rings is 1. The SMILES string of the molecule is [2H]c1[nH]c2ncccc2c1[2H]. The predicted octanol–water partition coefficient (Wildman–Crippen LogP) is 1.56. The minimum Gasteiger partial charge on any atom is -0.346 e. The summed E-state index contributed by atoms with van der Waals surface area (Å²) in [5, 5.41) is 0.706. The van der Waals surface area contributed by atoms with E-state index < -0.39 is 0 Å². The summed E-state index contributed by atoms with van der Waals surface area (Å²) in [6.07, 6.45) is 1.76. The van der Waals surface area contributed by atoms with E-state index >= 15 is 0 Å². The summed E-state index contributed by atoms with van der Waals surface area (Å²) >= 11 is 0. The van der Waals surface area contributed by atoms with E-state index in [1.165, 1.54) is 0 Å². The highest BCUT2D eigenvalue weighted by atomic mass is 14.8. The number of aromatic nitrogens is 2. The average Bonchev–Trinajstić information content (AvgIpc) is 2.30. The Labute approximate surface area is 55.4 Å². The number of nitrogens with one attached hydrogen (secondary N) is 1. The molecule has 0 aromatic carbocycles. The van der Waals surface area contributed by atoms with Gasteiger partial charge < -0.3 is 4.98 Å². The fourth-order valence-corrected chi connectivity index (χ4v) is 0.764. The molecule has 9 heavy (non-hydrogen) atoms. The van der Waals surface area contributed by atoms with Crippen LogP contribution in [-0.4, -0.2) is 9.97 Å². The minimum atomic E-state index is 0.124. The van der Waals surface area contributed by atoms with Crippen LogP contribution in [0.15, 0.2) is 30.5 Å². The molecular weight excluding hydrogens is 112 g/mol. The molecule has 0 radical (unpaired) electrons. The number of aromatic amines is 1. The molecule has 0 aliphatic heterocycles. The zero-order valence-electron chi connectivity index (χ0n) is 6.68. The Morgan fingerprint density at radius 1 is 1.67 bits per heavy atom. The molecule has 0 saturated carbocycles. The third-order valence-electron chi connectivity index (χ3n) is 1.19. The molecule has 2 rings (SSSR count). The van der Waals surface area contributed by atoms with Gasteiger partial charge in [-0.3, -0.25) is 0 Å².